The van der Waals surface area contributed by atoms with Crippen molar-refractivity contribution in [3.05, 3.63) is 58.5 Å². The fraction of sp³-hybridized carbons (Fsp3) is 0.269. The zero-order chi connectivity index (χ0) is 25.5. The lowest BCUT2D eigenvalue weighted by Gasteiger charge is -2.11. The fourth-order valence-corrected chi connectivity index (χ4v) is 4.47. The zero-order valence-corrected chi connectivity index (χ0v) is 21.0. The Balaban J connectivity index is 1.93. The van der Waals surface area contributed by atoms with Crippen LogP contribution in [0.5, 0.6) is 17.2 Å². The number of esters is 1. The number of amides is 1. The van der Waals surface area contributed by atoms with E-state index < -0.39 is 5.97 Å². The minimum atomic E-state index is -0.532. The highest BCUT2D eigenvalue weighted by molar-refractivity contribution is 7.18. The lowest BCUT2D eigenvalue weighted by molar-refractivity contribution is -0.115. The van der Waals surface area contributed by atoms with Crippen LogP contribution >= 0.6 is 11.3 Å². The van der Waals surface area contributed by atoms with Gasteiger partial charge in [0.05, 0.1) is 40.0 Å². The number of anilines is 1. The number of Topliss-reactive ketones (excluding diaryl/α,β-unsaturated/α-hetero) is 1. The summed E-state index contributed by atoms with van der Waals surface area (Å²) in [6.45, 7) is 3.37. The van der Waals surface area contributed by atoms with Gasteiger partial charge in [-0.15, -0.1) is 11.3 Å². The van der Waals surface area contributed by atoms with Crippen LogP contribution in [0.3, 0.4) is 0 Å². The fourth-order valence-electron chi connectivity index (χ4n) is 3.47. The van der Waals surface area contributed by atoms with Crippen LogP contribution < -0.4 is 19.5 Å². The van der Waals surface area contributed by atoms with Crippen LogP contribution in [0, 0.1) is 0 Å². The lowest BCUT2D eigenvalue weighted by atomic mass is 10.0. The van der Waals surface area contributed by atoms with Crippen LogP contribution in [0.1, 0.15) is 39.4 Å². The van der Waals surface area contributed by atoms with Crippen LogP contribution in [-0.4, -0.2) is 45.6 Å². The van der Waals surface area contributed by atoms with Crippen LogP contribution in [0.15, 0.2) is 42.5 Å². The van der Waals surface area contributed by atoms with Crippen LogP contribution in [0.25, 0.3) is 10.4 Å². The van der Waals surface area contributed by atoms with E-state index >= 15 is 0 Å². The summed E-state index contributed by atoms with van der Waals surface area (Å²) in [6, 6.07) is 12.1. The molecule has 1 heterocycles. The van der Waals surface area contributed by atoms with Gasteiger partial charge in [0.15, 0.2) is 17.3 Å². The molecule has 1 N–H and O–H groups in total. The summed E-state index contributed by atoms with van der Waals surface area (Å²) in [5.74, 6) is 0.595. The lowest BCUT2D eigenvalue weighted by Crippen LogP contribution is -2.17. The van der Waals surface area contributed by atoms with Crippen LogP contribution in [-0.2, 0) is 16.0 Å². The van der Waals surface area contributed by atoms with Gasteiger partial charge in [-0.05, 0) is 61.9 Å². The monoisotopic (exact) mass is 497 g/mol. The average molecular weight is 498 g/mol. The van der Waals surface area contributed by atoms with Gasteiger partial charge in [-0.25, -0.2) is 4.79 Å². The van der Waals surface area contributed by atoms with Crippen molar-refractivity contribution in [1.82, 2.24) is 0 Å². The molecule has 35 heavy (non-hydrogen) atoms. The molecule has 0 unspecified atom stereocenters. The summed E-state index contributed by atoms with van der Waals surface area (Å²) in [6.07, 6.45) is -0.0475. The van der Waals surface area contributed by atoms with E-state index in [1.165, 1.54) is 25.4 Å². The van der Waals surface area contributed by atoms with E-state index in [4.69, 9.17) is 18.9 Å². The zero-order valence-electron chi connectivity index (χ0n) is 20.2. The molecule has 0 aliphatic carbocycles. The molecule has 0 aliphatic heterocycles. The maximum absolute atomic E-state index is 13.0. The normalized spacial score (nSPS) is 10.4. The van der Waals surface area contributed by atoms with Crippen molar-refractivity contribution in [2.24, 2.45) is 0 Å². The molecule has 8 nitrogen and oxygen atoms in total. The number of methoxy groups -OCH3 is 3. The number of benzene rings is 2. The quantitative estimate of drug-likeness (QED) is 0.311. The largest absolute Gasteiger partial charge is 0.496 e. The Morgan fingerprint density at radius 3 is 2.20 bits per heavy atom. The predicted molar refractivity (Wildman–Crippen MR) is 134 cm³/mol. The number of rotatable bonds is 10. The summed E-state index contributed by atoms with van der Waals surface area (Å²) < 4.78 is 21.2. The SMILES string of the molecule is CCOC(=O)c1sc(-c2ccc(OC)c(OC)c2)cc1NC(=O)Cc1cc(C(C)=O)ccc1OC. The van der Waals surface area contributed by atoms with Crippen molar-refractivity contribution < 1.29 is 33.3 Å². The van der Waals surface area contributed by atoms with Crippen molar-refractivity contribution >= 4 is 34.7 Å². The summed E-state index contributed by atoms with van der Waals surface area (Å²) in [5, 5.41) is 2.81. The Bertz CT molecular complexity index is 1250. The van der Waals surface area contributed by atoms with Gasteiger partial charge in [0.25, 0.3) is 0 Å². The minimum Gasteiger partial charge on any atom is -0.496 e. The van der Waals surface area contributed by atoms with Gasteiger partial charge >= 0.3 is 5.97 Å². The Kier molecular flexibility index (Phi) is 8.48. The van der Waals surface area contributed by atoms with E-state index in [1.807, 2.05) is 6.07 Å². The molecule has 184 valence electrons. The number of carbonyl (C=O) groups excluding carboxylic acids is 3. The molecular formula is C26H27NO7S. The molecule has 0 saturated carbocycles. The van der Waals surface area contributed by atoms with Gasteiger partial charge in [-0.1, -0.05) is 0 Å². The number of ether oxygens (including phenoxy) is 4. The first-order valence-electron chi connectivity index (χ1n) is 10.8. The predicted octanol–water partition coefficient (Wildman–Crippen LogP) is 5.00. The summed E-state index contributed by atoms with van der Waals surface area (Å²) in [7, 11) is 4.59. The molecule has 0 saturated heterocycles. The molecular weight excluding hydrogens is 470 g/mol. The standard InChI is InChI=1S/C26H27NO7S/c1-6-34-26(30)25-19(14-23(35-25)17-8-10-21(32-4)22(12-17)33-5)27-24(29)13-18-11-16(15(2)28)7-9-20(18)31-3/h7-12,14H,6,13H2,1-5H3,(H,27,29). The molecule has 0 fully saturated rings. The number of carbonyl (C=O) groups is 3. The van der Waals surface area contributed by atoms with Gasteiger partial charge in [-0.3, -0.25) is 9.59 Å². The summed E-state index contributed by atoms with van der Waals surface area (Å²) >= 11 is 1.20. The molecule has 2 aromatic carbocycles. The van der Waals surface area contributed by atoms with Crippen LogP contribution in [0.2, 0.25) is 0 Å². The Morgan fingerprint density at radius 2 is 1.57 bits per heavy atom. The van der Waals surface area contributed by atoms with Crippen molar-refractivity contribution in [2.75, 3.05) is 33.3 Å². The highest BCUT2D eigenvalue weighted by atomic mass is 32.1. The molecule has 0 atom stereocenters. The molecule has 0 aliphatic rings. The van der Waals surface area contributed by atoms with E-state index in [0.29, 0.717) is 34.1 Å². The van der Waals surface area contributed by atoms with Gasteiger partial charge in [0.1, 0.15) is 10.6 Å². The van der Waals surface area contributed by atoms with Gasteiger partial charge < -0.3 is 24.3 Å². The Labute approximate surface area is 207 Å². The number of hydrogen-bond donors (Lipinski definition) is 1. The van der Waals surface area contributed by atoms with E-state index in [2.05, 4.69) is 5.32 Å². The molecule has 0 spiro atoms. The van der Waals surface area contributed by atoms with Gasteiger partial charge in [0.2, 0.25) is 5.91 Å². The van der Waals surface area contributed by atoms with Crippen molar-refractivity contribution in [3.63, 3.8) is 0 Å². The van der Waals surface area contributed by atoms with Gasteiger partial charge in [0, 0.05) is 16.0 Å². The van der Waals surface area contributed by atoms with E-state index in [9.17, 15) is 14.4 Å². The number of hydrogen-bond acceptors (Lipinski definition) is 8. The Morgan fingerprint density at radius 1 is 0.886 bits per heavy atom. The van der Waals surface area contributed by atoms with E-state index in [-0.39, 0.29) is 29.6 Å². The highest BCUT2D eigenvalue weighted by Crippen LogP contribution is 2.39. The minimum absolute atomic E-state index is 0.0475. The summed E-state index contributed by atoms with van der Waals surface area (Å²) in [5.41, 5.74) is 2.16. The molecule has 3 aromatic rings. The number of thiophene rings is 1. The van der Waals surface area contributed by atoms with Crippen molar-refractivity contribution in [1.29, 1.82) is 0 Å². The van der Waals surface area contributed by atoms with Gasteiger partial charge in [-0.2, -0.15) is 0 Å². The third-order valence-corrected chi connectivity index (χ3v) is 6.34. The maximum Gasteiger partial charge on any atom is 0.350 e. The third-order valence-electron chi connectivity index (χ3n) is 5.17. The number of nitrogens with one attached hydrogen (secondary N) is 1. The second-order valence-corrected chi connectivity index (χ2v) is 8.50. The molecule has 0 radical (unpaired) electrons. The first-order valence-corrected chi connectivity index (χ1v) is 11.6. The average Bonchev–Trinajstić information content (AvgIpc) is 3.27. The van der Waals surface area contributed by atoms with Crippen LogP contribution in [0.4, 0.5) is 5.69 Å². The molecule has 3 rings (SSSR count). The highest BCUT2D eigenvalue weighted by Gasteiger charge is 2.21. The van der Waals surface area contributed by atoms with Crippen molar-refractivity contribution in [3.8, 4) is 27.7 Å². The summed E-state index contributed by atoms with van der Waals surface area (Å²) in [4.78, 5) is 38.4. The number of ketones is 1. The van der Waals surface area contributed by atoms with E-state index in [1.54, 1.807) is 57.5 Å². The second kappa shape index (κ2) is 11.5. The topological polar surface area (TPSA) is 100 Å². The second-order valence-electron chi connectivity index (χ2n) is 7.45. The smallest absolute Gasteiger partial charge is 0.350 e. The maximum atomic E-state index is 13.0. The third kappa shape index (κ3) is 5.99. The van der Waals surface area contributed by atoms with E-state index in [0.717, 1.165) is 10.4 Å². The first-order chi connectivity index (χ1) is 16.8. The Hall–Kier alpha value is -3.85. The molecule has 0 bridgehead atoms. The molecule has 9 heteroatoms. The molecule has 1 amide bonds. The van der Waals surface area contributed by atoms with Crippen molar-refractivity contribution in [2.45, 2.75) is 20.3 Å². The first kappa shape index (κ1) is 25.8. The molecule has 1 aromatic heterocycles.